The van der Waals surface area contributed by atoms with Gasteiger partial charge in [-0.25, -0.2) is 0 Å². The van der Waals surface area contributed by atoms with E-state index in [0.29, 0.717) is 5.56 Å². The van der Waals surface area contributed by atoms with Gasteiger partial charge in [0.05, 0.1) is 0 Å². The van der Waals surface area contributed by atoms with Crippen molar-refractivity contribution in [2.75, 3.05) is 13.1 Å². The van der Waals surface area contributed by atoms with Gasteiger partial charge in [-0.15, -0.1) is 0 Å². The molecule has 1 aromatic rings. The number of nitrogens with two attached hydrogens (primary N) is 1. The molecule has 0 bridgehead atoms. The largest absolute Gasteiger partial charge is 0.411 e. The molecule has 0 spiro atoms. The molecule has 6 nitrogen and oxygen atoms in total. The van der Waals surface area contributed by atoms with E-state index >= 15 is 0 Å². The number of amides is 1. The molecule has 1 amide bonds. The lowest BCUT2D eigenvalue weighted by atomic mass is 10.0. The van der Waals surface area contributed by atoms with Gasteiger partial charge in [0.15, 0.2) is 0 Å². The van der Waals surface area contributed by atoms with E-state index in [9.17, 15) is 4.79 Å². The van der Waals surface area contributed by atoms with E-state index in [2.05, 4.69) is 10.1 Å². The number of carbonyl (C=O) groups excluding carboxylic acids is 1. The van der Waals surface area contributed by atoms with Crippen LogP contribution in [0.1, 0.15) is 18.4 Å². The van der Waals surface area contributed by atoms with Crippen LogP contribution in [-0.2, 0) is 4.79 Å². The first-order valence-corrected chi connectivity index (χ1v) is 5.90. The number of rotatable bonds is 3. The van der Waals surface area contributed by atoms with Crippen LogP contribution in [0.25, 0.3) is 0 Å². The molecule has 1 unspecified atom stereocenters. The Morgan fingerprint density at radius 2 is 2.00 bits per heavy atom. The van der Waals surface area contributed by atoms with Crippen molar-refractivity contribution in [3.8, 4) is 0 Å². The summed E-state index contributed by atoms with van der Waals surface area (Å²) in [5, 5.41) is 12.2. The highest BCUT2D eigenvalue weighted by atomic mass is 16.4. The molecule has 1 aromatic heterocycles. The van der Waals surface area contributed by atoms with Crippen LogP contribution in [0.15, 0.2) is 29.7 Å². The lowest BCUT2D eigenvalue weighted by molar-refractivity contribution is -0.129. The SMILES string of the molecule is NC(C(=O)N1CCCC1)/C(=N/O)c1ccncc1. The van der Waals surface area contributed by atoms with Crippen molar-refractivity contribution in [1.82, 2.24) is 9.88 Å². The summed E-state index contributed by atoms with van der Waals surface area (Å²) in [5.41, 5.74) is 6.66. The Hall–Kier alpha value is -1.95. The van der Waals surface area contributed by atoms with Crippen molar-refractivity contribution in [1.29, 1.82) is 0 Å². The minimum atomic E-state index is -0.935. The molecule has 18 heavy (non-hydrogen) atoms. The molecule has 1 aliphatic rings. The van der Waals surface area contributed by atoms with Gasteiger partial charge in [0, 0.05) is 31.0 Å². The number of oxime groups is 1. The summed E-state index contributed by atoms with van der Waals surface area (Å²) in [5.74, 6) is -0.197. The van der Waals surface area contributed by atoms with Crippen LogP contribution in [0.3, 0.4) is 0 Å². The Bertz CT molecular complexity index is 441. The van der Waals surface area contributed by atoms with Gasteiger partial charge in [0.25, 0.3) is 0 Å². The van der Waals surface area contributed by atoms with Crippen LogP contribution in [0, 0.1) is 0 Å². The first-order valence-electron chi connectivity index (χ1n) is 5.90. The van der Waals surface area contributed by atoms with Gasteiger partial charge in [0.2, 0.25) is 5.91 Å². The van der Waals surface area contributed by atoms with Crippen molar-refractivity contribution < 1.29 is 10.0 Å². The van der Waals surface area contributed by atoms with Gasteiger partial charge < -0.3 is 15.8 Å². The second kappa shape index (κ2) is 5.59. The number of nitrogens with zero attached hydrogens (tertiary/aromatic N) is 3. The van der Waals surface area contributed by atoms with E-state index < -0.39 is 6.04 Å². The number of likely N-dealkylation sites (tertiary alicyclic amines) is 1. The van der Waals surface area contributed by atoms with E-state index in [1.54, 1.807) is 29.4 Å². The second-order valence-corrected chi connectivity index (χ2v) is 4.23. The quantitative estimate of drug-likeness (QED) is 0.454. The fourth-order valence-electron chi connectivity index (χ4n) is 2.07. The fraction of sp³-hybridized carbons (Fsp3) is 0.417. The molecule has 0 saturated carbocycles. The topological polar surface area (TPSA) is 91.8 Å². The predicted octanol–water partition coefficient (Wildman–Crippen LogP) is 0.210. The first kappa shape index (κ1) is 12.5. The minimum absolute atomic E-state index is 0.175. The van der Waals surface area contributed by atoms with E-state index in [0.717, 1.165) is 25.9 Å². The zero-order valence-electron chi connectivity index (χ0n) is 9.99. The minimum Gasteiger partial charge on any atom is -0.411 e. The Morgan fingerprint density at radius 1 is 1.39 bits per heavy atom. The molecule has 0 aliphatic carbocycles. The Kier molecular flexibility index (Phi) is 3.88. The lowest BCUT2D eigenvalue weighted by Gasteiger charge is -2.20. The lowest BCUT2D eigenvalue weighted by Crippen LogP contribution is -2.47. The third-order valence-corrected chi connectivity index (χ3v) is 3.06. The fourth-order valence-corrected chi connectivity index (χ4v) is 2.07. The maximum absolute atomic E-state index is 12.1. The van der Waals surface area contributed by atoms with Crippen LogP contribution in [0.2, 0.25) is 0 Å². The summed E-state index contributed by atoms with van der Waals surface area (Å²) in [6, 6.07) is 2.38. The average molecular weight is 248 g/mol. The molecule has 1 fully saturated rings. The van der Waals surface area contributed by atoms with Crippen LogP contribution in [0.5, 0.6) is 0 Å². The number of carbonyl (C=O) groups is 1. The summed E-state index contributed by atoms with van der Waals surface area (Å²) in [4.78, 5) is 17.7. The number of hydrogen-bond donors (Lipinski definition) is 2. The molecule has 1 atom stereocenters. The van der Waals surface area contributed by atoms with Crippen LogP contribution >= 0.6 is 0 Å². The summed E-state index contributed by atoms with van der Waals surface area (Å²) in [7, 11) is 0. The monoisotopic (exact) mass is 248 g/mol. The van der Waals surface area contributed by atoms with Crippen molar-refractivity contribution in [2.24, 2.45) is 10.9 Å². The van der Waals surface area contributed by atoms with Crippen LogP contribution < -0.4 is 5.73 Å². The average Bonchev–Trinajstić information content (AvgIpc) is 2.94. The highest BCUT2D eigenvalue weighted by molar-refractivity contribution is 6.15. The molecule has 0 aromatic carbocycles. The molecular formula is C12H16N4O2. The highest BCUT2D eigenvalue weighted by Crippen LogP contribution is 2.11. The Morgan fingerprint density at radius 3 is 2.56 bits per heavy atom. The first-order chi connectivity index (χ1) is 8.74. The number of aromatic nitrogens is 1. The van der Waals surface area contributed by atoms with E-state index in [1.807, 2.05) is 0 Å². The van der Waals surface area contributed by atoms with Gasteiger partial charge in [-0.2, -0.15) is 0 Å². The molecule has 1 aliphatic heterocycles. The Balaban J connectivity index is 2.16. The summed E-state index contributed by atoms with van der Waals surface area (Å²) >= 11 is 0. The molecule has 2 heterocycles. The summed E-state index contributed by atoms with van der Waals surface area (Å²) < 4.78 is 0. The number of hydrogen-bond acceptors (Lipinski definition) is 5. The smallest absolute Gasteiger partial charge is 0.245 e. The normalized spacial score (nSPS) is 17.8. The number of pyridine rings is 1. The van der Waals surface area contributed by atoms with Gasteiger partial charge in [0.1, 0.15) is 11.8 Å². The Labute approximate surface area is 105 Å². The van der Waals surface area contributed by atoms with Crippen molar-refractivity contribution in [3.63, 3.8) is 0 Å². The molecule has 6 heteroatoms. The van der Waals surface area contributed by atoms with Crippen LogP contribution in [0.4, 0.5) is 0 Å². The van der Waals surface area contributed by atoms with E-state index in [4.69, 9.17) is 10.9 Å². The molecular weight excluding hydrogens is 232 g/mol. The molecule has 96 valence electrons. The van der Waals surface area contributed by atoms with Gasteiger partial charge in [-0.1, -0.05) is 5.16 Å². The van der Waals surface area contributed by atoms with Gasteiger partial charge in [-0.05, 0) is 25.0 Å². The molecule has 0 radical (unpaired) electrons. The highest BCUT2D eigenvalue weighted by Gasteiger charge is 2.28. The van der Waals surface area contributed by atoms with Gasteiger partial charge >= 0.3 is 0 Å². The zero-order valence-corrected chi connectivity index (χ0v) is 9.99. The summed E-state index contributed by atoms with van der Waals surface area (Å²) in [6.45, 7) is 1.45. The third kappa shape index (κ3) is 2.48. The van der Waals surface area contributed by atoms with Gasteiger partial charge in [-0.3, -0.25) is 9.78 Å². The van der Waals surface area contributed by atoms with Crippen molar-refractivity contribution in [2.45, 2.75) is 18.9 Å². The standard InChI is InChI=1S/C12H16N4O2/c13-10(12(17)16-7-1-2-8-16)11(15-18)9-3-5-14-6-4-9/h3-6,10,18H,1-2,7-8,13H2/b15-11+. The second-order valence-electron chi connectivity index (χ2n) is 4.23. The van der Waals surface area contributed by atoms with Crippen molar-refractivity contribution >= 4 is 11.6 Å². The molecule has 2 rings (SSSR count). The zero-order chi connectivity index (χ0) is 13.0. The van der Waals surface area contributed by atoms with E-state index in [-0.39, 0.29) is 11.6 Å². The molecule has 1 saturated heterocycles. The third-order valence-electron chi connectivity index (χ3n) is 3.06. The van der Waals surface area contributed by atoms with Crippen molar-refractivity contribution in [3.05, 3.63) is 30.1 Å². The predicted molar refractivity (Wildman–Crippen MR) is 66.3 cm³/mol. The molecule has 3 N–H and O–H groups in total. The maximum atomic E-state index is 12.1. The van der Waals surface area contributed by atoms with Crippen LogP contribution in [-0.4, -0.2) is 45.8 Å². The van der Waals surface area contributed by atoms with E-state index in [1.165, 1.54) is 0 Å². The maximum Gasteiger partial charge on any atom is 0.245 e. The summed E-state index contributed by atoms with van der Waals surface area (Å²) in [6.07, 6.45) is 5.12.